The second-order valence-electron chi connectivity index (χ2n) is 7.58. The highest BCUT2D eigenvalue weighted by molar-refractivity contribution is 7.95. The van der Waals surface area contributed by atoms with Crippen LogP contribution in [0.2, 0.25) is 0 Å². The smallest absolute Gasteiger partial charge is 0.218 e. The maximum absolute atomic E-state index is 12.8. The number of likely N-dealkylation sites (tertiary alicyclic amines) is 1. The van der Waals surface area contributed by atoms with Gasteiger partial charge in [0, 0.05) is 12.7 Å². The minimum Gasteiger partial charge on any atom is -0.497 e. The molecule has 1 N–H and O–H groups in total. The molecule has 1 atom stereocenters. The summed E-state index contributed by atoms with van der Waals surface area (Å²) in [7, 11) is -2.20. The van der Waals surface area contributed by atoms with E-state index >= 15 is 0 Å². The number of allylic oxidation sites excluding steroid dienone is 1. The van der Waals surface area contributed by atoms with E-state index in [2.05, 4.69) is 10.2 Å². The molecule has 1 aliphatic rings. The number of ether oxygens (including phenoxy) is 1. The van der Waals surface area contributed by atoms with Crippen molar-refractivity contribution in [1.29, 1.82) is 5.26 Å². The van der Waals surface area contributed by atoms with E-state index in [0.29, 0.717) is 6.54 Å². The molecule has 0 radical (unpaired) electrons. The van der Waals surface area contributed by atoms with E-state index in [-0.39, 0.29) is 15.8 Å². The van der Waals surface area contributed by atoms with Gasteiger partial charge in [0.2, 0.25) is 9.84 Å². The Bertz CT molecular complexity index is 1000. The van der Waals surface area contributed by atoms with Crippen molar-refractivity contribution in [1.82, 2.24) is 10.2 Å². The van der Waals surface area contributed by atoms with E-state index < -0.39 is 9.84 Å². The second kappa shape index (κ2) is 11.0. The van der Waals surface area contributed by atoms with Crippen LogP contribution in [0.25, 0.3) is 0 Å². The zero-order valence-corrected chi connectivity index (χ0v) is 18.6. The molecule has 1 fully saturated rings. The fourth-order valence-corrected chi connectivity index (χ4v) is 4.98. The SMILES string of the molecule is COc1ccc([C@H](CN/C=C(\C#N)S(=O)(=O)c2ccccc2)N2CCCCCC2)cc1. The molecule has 6 nitrogen and oxygen atoms in total. The standard InChI is InChI=1S/C24H29N3O3S/c1-30-21-13-11-20(12-14-21)24(27-15-7-2-3-8-16-27)19-26-18-23(17-25)31(28,29)22-9-5-4-6-10-22/h4-6,9-14,18,24,26H,2-3,7-8,15-16,19H2,1H3/b23-18+/t24-/m0/s1. The van der Waals surface area contributed by atoms with Crippen molar-refractivity contribution in [3.63, 3.8) is 0 Å². The van der Waals surface area contributed by atoms with Crippen LogP contribution in [-0.2, 0) is 9.84 Å². The van der Waals surface area contributed by atoms with Crippen molar-refractivity contribution in [3.05, 3.63) is 71.3 Å². The largest absolute Gasteiger partial charge is 0.497 e. The molecule has 3 rings (SSSR count). The summed E-state index contributed by atoms with van der Waals surface area (Å²) in [4.78, 5) is 2.26. The van der Waals surface area contributed by atoms with E-state index in [0.717, 1.165) is 37.2 Å². The fourth-order valence-electron chi connectivity index (χ4n) is 3.85. The summed E-state index contributed by atoms with van der Waals surface area (Å²) in [6.45, 7) is 2.49. The molecule has 2 aromatic rings. The van der Waals surface area contributed by atoms with E-state index in [1.807, 2.05) is 30.3 Å². The Hall–Kier alpha value is -2.82. The van der Waals surface area contributed by atoms with Gasteiger partial charge in [-0.3, -0.25) is 4.90 Å². The van der Waals surface area contributed by atoms with E-state index in [1.54, 1.807) is 25.3 Å². The number of hydrogen-bond acceptors (Lipinski definition) is 6. The Balaban J connectivity index is 1.80. The highest BCUT2D eigenvalue weighted by atomic mass is 32.2. The third kappa shape index (κ3) is 5.87. The maximum Gasteiger partial charge on any atom is 0.218 e. The van der Waals surface area contributed by atoms with Crippen LogP contribution in [-0.4, -0.2) is 40.1 Å². The van der Waals surface area contributed by atoms with Gasteiger partial charge in [0.25, 0.3) is 0 Å². The molecule has 0 aromatic heterocycles. The van der Waals surface area contributed by atoms with Gasteiger partial charge in [-0.25, -0.2) is 8.42 Å². The van der Waals surface area contributed by atoms with Gasteiger partial charge < -0.3 is 10.1 Å². The lowest BCUT2D eigenvalue weighted by Crippen LogP contribution is -2.35. The number of hydrogen-bond donors (Lipinski definition) is 1. The first-order chi connectivity index (χ1) is 15.1. The van der Waals surface area contributed by atoms with Crippen LogP contribution in [0.3, 0.4) is 0 Å². The molecule has 0 bridgehead atoms. The topological polar surface area (TPSA) is 82.4 Å². The quantitative estimate of drug-likeness (QED) is 0.625. The minimum absolute atomic E-state index is 0.0691. The van der Waals surface area contributed by atoms with Crippen LogP contribution < -0.4 is 10.1 Å². The summed E-state index contributed by atoms with van der Waals surface area (Å²) in [6, 6.07) is 17.9. The maximum atomic E-state index is 12.8. The molecule has 0 saturated carbocycles. The molecule has 31 heavy (non-hydrogen) atoms. The van der Waals surface area contributed by atoms with Crippen molar-refractivity contribution in [2.24, 2.45) is 0 Å². The van der Waals surface area contributed by atoms with E-state index in [9.17, 15) is 13.7 Å². The van der Waals surface area contributed by atoms with Crippen LogP contribution in [0.15, 0.2) is 70.6 Å². The molecular formula is C24H29N3O3S. The molecule has 1 aliphatic heterocycles. The molecule has 0 unspecified atom stereocenters. The number of nitrogens with one attached hydrogen (secondary N) is 1. The van der Waals surface area contributed by atoms with Gasteiger partial charge in [0.1, 0.15) is 11.8 Å². The first kappa shape index (κ1) is 22.9. The molecule has 0 amide bonds. The molecule has 1 heterocycles. The number of nitriles is 1. The number of sulfone groups is 1. The molecule has 0 aliphatic carbocycles. The summed E-state index contributed by atoms with van der Waals surface area (Å²) >= 11 is 0. The summed E-state index contributed by atoms with van der Waals surface area (Å²) in [5.74, 6) is 0.798. The van der Waals surface area contributed by atoms with Gasteiger partial charge >= 0.3 is 0 Å². The predicted molar refractivity (Wildman–Crippen MR) is 121 cm³/mol. The van der Waals surface area contributed by atoms with Gasteiger partial charge in [0.15, 0.2) is 4.91 Å². The van der Waals surface area contributed by atoms with Crippen LogP contribution in [0.4, 0.5) is 0 Å². The lowest BCUT2D eigenvalue weighted by atomic mass is 10.0. The van der Waals surface area contributed by atoms with Gasteiger partial charge in [-0.1, -0.05) is 43.2 Å². The van der Waals surface area contributed by atoms with E-state index in [4.69, 9.17) is 4.74 Å². The first-order valence-electron chi connectivity index (χ1n) is 10.6. The summed E-state index contributed by atoms with van der Waals surface area (Å²) in [5, 5.41) is 12.6. The van der Waals surface area contributed by atoms with Crippen LogP contribution >= 0.6 is 0 Å². The minimum atomic E-state index is -3.85. The Kier molecular flexibility index (Phi) is 8.10. The third-order valence-corrected chi connectivity index (χ3v) is 7.26. The molecule has 0 spiro atoms. The van der Waals surface area contributed by atoms with Crippen molar-refractivity contribution in [3.8, 4) is 11.8 Å². The van der Waals surface area contributed by atoms with Gasteiger partial charge in [-0.15, -0.1) is 0 Å². The van der Waals surface area contributed by atoms with Crippen LogP contribution in [0.5, 0.6) is 5.75 Å². The zero-order chi connectivity index (χ0) is 22.1. The zero-order valence-electron chi connectivity index (χ0n) is 17.8. The van der Waals surface area contributed by atoms with Crippen LogP contribution in [0, 0.1) is 11.3 Å². The Morgan fingerprint density at radius 3 is 2.32 bits per heavy atom. The number of nitrogens with zero attached hydrogens (tertiary/aromatic N) is 2. The van der Waals surface area contributed by atoms with Crippen molar-refractivity contribution >= 4 is 9.84 Å². The molecule has 1 saturated heterocycles. The summed E-state index contributed by atoms with van der Waals surface area (Å²) in [5.41, 5.74) is 1.13. The highest BCUT2D eigenvalue weighted by Gasteiger charge is 2.23. The first-order valence-corrected chi connectivity index (χ1v) is 12.1. The van der Waals surface area contributed by atoms with Crippen LogP contribution in [0.1, 0.15) is 37.3 Å². The van der Waals surface area contributed by atoms with E-state index in [1.165, 1.54) is 31.2 Å². The molecule has 164 valence electrons. The third-order valence-electron chi connectivity index (χ3n) is 5.58. The Labute approximate surface area is 185 Å². The number of methoxy groups -OCH3 is 1. The highest BCUT2D eigenvalue weighted by Crippen LogP contribution is 2.26. The van der Waals surface area contributed by atoms with Crippen molar-refractivity contribution < 1.29 is 13.2 Å². The second-order valence-corrected chi connectivity index (χ2v) is 9.50. The average Bonchev–Trinajstić information content (AvgIpc) is 3.09. The number of rotatable bonds is 8. The van der Waals surface area contributed by atoms with Crippen molar-refractivity contribution in [2.75, 3.05) is 26.7 Å². The lowest BCUT2D eigenvalue weighted by molar-refractivity contribution is 0.204. The van der Waals surface area contributed by atoms with Gasteiger partial charge in [-0.2, -0.15) is 5.26 Å². The summed E-state index contributed by atoms with van der Waals surface area (Å²) < 4.78 is 30.8. The molecule has 2 aromatic carbocycles. The fraction of sp³-hybridized carbons (Fsp3) is 0.375. The predicted octanol–water partition coefficient (Wildman–Crippen LogP) is 4.04. The molecule has 7 heteroatoms. The lowest BCUT2D eigenvalue weighted by Gasteiger charge is -2.31. The monoisotopic (exact) mass is 439 g/mol. The Morgan fingerprint density at radius 2 is 1.74 bits per heavy atom. The van der Waals surface area contributed by atoms with Gasteiger partial charge in [0.05, 0.1) is 18.0 Å². The summed E-state index contributed by atoms with van der Waals surface area (Å²) in [6.07, 6.45) is 6.08. The Morgan fingerprint density at radius 1 is 1.10 bits per heavy atom. The molecular weight excluding hydrogens is 410 g/mol. The van der Waals surface area contributed by atoms with Crippen molar-refractivity contribution in [2.45, 2.75) is 36.6 Å². The van der Waals surface area contributed by atoms with Gasteiger partial charge in [-0.05, 0) is 55.8 Å². The average molecular weight is 440 g/mol. The normalized spacial score (nSPS) is 16.7. The number of benzene rings is 2.